The molecule has 0 aromatic heterocycles. The maximum Gasteiger partial charge on any atom is 0.260 e. The third-order valence-corrected chi connectivity index (χ3v) is 3.36. The number of hydrogen-bond acceptors (Lipinski definition) is 3. The third-order valence-electron chi connectivity index (χ3n) is 3.36. The number of carbonyl (C=O) groups excluding carboxylic acids is 1. The van der Waals surface area contributed by atoms with E-state index in [1.165, 1.54) is 12.1 Å². The van der Waals surface area contributed by atoms with E-state index in [-0.39, 0.29) is 23.4 Å². The van der Waals surface area contributed by atoms with E-state index >= 15 is 0 Å². The van der Waals surface area contributed by atoms with Crippen molar-refractivity contribution in [2.75, 3.05) is 5.73 Å². The van der Waals surface area contributed by atoms with Crippen LogP contribution in [0.25, 0.3) is 0 Å². The Balaban J connectivity index is 1.96. The molecule has 0 spiro atoms. The first-order valence-electron chi connectivity index (χ1n) is 6.59. The Morgan fingerprint density at radius 2 is 2.16 bits per heavy atom. The first-order valence-corrected chi connectivity index (χ1v) is 6.59. The van der Waals surface area contributed by atoms with Crippen LogP contribution in [-0.2, 0) is 4.79 Å². The van der Waals surface area contributed by atoms with Crippen LogP contribution in [0.1, 0.15) is 32.6 Å². The smallest absolute Gasteiger partial charge is 0.260 e. The number of nitrogen functional groups attached to an aromatic ring is 1. The summed E-state index contributed by atoms with van der Waals surface area (Å²) in [6.07, 6.45) is 3.52. The predicted octanol–water partition coefficient (Wildman–Crippen LogP) is 2.23. The number of ether oxygens (including phenoxy) is 1. The van der Waals surface area contributed by atoms with E-state index in [9.17, 15) is 9.18 Å². The summed E-state index contributed by atoms with van der Waals surface area (Å²) in [5, 5.41) is 2.91. The maximum absolute atomic E-state index is 13.5. The van der Waals surface area contributed by atoms with Gasteiger partial charge in [-0.3, -0.25) is 4.79 Å². The van der Waals surface area contributed by atoms with Gasteiger partial charge in [0.05, 0.1) is 5.69 Å². The van der Waals surface area contributed by atoms with Crippen LogP contribution >= 0.6 is 0 Å². The fraction of sp³-hybridized carbons (Fsp3) is 0.500. The van der Waals surface area contributed by atoms with Gasteiger partial charge in [-0.1, -0.05) is 18.9 Å². The Morgan fingerprint density at radius 1 is 1.47 bits per heavy atom. The molecule has 5 heteroatoms. The second-order valence-electron chi connectivity index (χ2n) is 4.91. The first-order chi connectivity index (χ1) is 9.08. The zero-order valence-electron chi connectivity index (χ0n) is 11.0. The van der Waals surface area contributed by atoms with Gasteiger partial charge in [-0.05, 0) is 31.9 Å². The summed E-state index contributed by atoms with van der Waals surface area (Å²) in [7, 11) is 0. The van der Waals surface area contributed by atoms with Crippen LogP contribution < -0.4 is 15.8 Å². The van der Waals surface area contributed by atoms with Crippen molar-refractivity contribution in [3.05, 3.63) is 24.0 Å². The van der Waals surface area contributed by atoms with E-state index in [4.69, 9.17) is 10.5 Å². The van der Waals surface area contributed by atoms with Crippen LogP contribution in [0.2, 0.25) is 0 Å². The summed E-state index contributed by atoms with van der Waals surface area (Å²) in [5.74, 6) is -0.841. The third kappa shape index (κ3) is 3.36. The average molecular weight is 266 g/mol. The Hall–Kier alpha value is -1.78. The minimum atomic E-state index is -0.764. The zero-order chi connectivity index (χ0) is 13.8. The Labute approximate surface area is 112 Å². The number of carbonyl (C=O) groups is 1. The molecule has 1 atom stereocenters. The van der Waals surface area contributed by atoms with Crippen molar-refractivity contribution in [3.8, 4) is 5.75 Å². The van der Waals surface area contributed by atoms with Crippen molar-refractivity contribution in [1.29, 1.82) is 0 Å². The molecule has 1 unspecified atom stereocenters. The minimum absolute atomic E-state index is 0.0587. The molecule has 0 heterocycles. The Kier molecular flexibility index (Phi) is 4.24. The molecular formula is C14H19FN2O2. The first kappa shape index (κ1) is 13.6. The standard InChI is InChI=1S/C14H19FN2O2/c1-9(14(18)17-10-5-2-3-6-10)19-13-11(15)7-4-8-12(13)16/h4,7-10H,2-3,5-6,16H2,1H3,(H,17,18). The molecule has 1 amide bonds. The molecule has 1 aromatic carbocycles. The van der Waals surface area contributed by atoms with Crippen molar-refractivity contribution in [2.45, 2.75) is 44.8 Å². The average Bonchev–Trinajstić information content (AvgIpc) is 2.86. The highest BCUT2D eigenvalue weighted by molar-refractivity contribution is 5.81. The van der Waals surface area contributed by atoms with Crippen LogP contribution in [0.4, 0.5) is 10.1 Å². The molecule has 1 aliphatic rings. The molecular weight excluding hydrogens is 247 g/mol. The molecule has 1 aromatic rings. The van der Waals surface area contributed by atoms with E-state index in [0.29, 0.717) is 0 Å². The Bertz CT molecular complexity index is 439. The molecule has 0 saturated heterocycles. The van der Waals surface area contributed by atoms with Crippen LogP contribution in [0.15, 0.2) is 18.2 Å². The van der Waals surface area contributed by atoms with Gasteiger partial charge in [0.25, 0.3) is 5.91 Å². The van der Waals surface area contributed by atoms with E-state index in [1.54, 1.807) is 13.0 Å². The van der Waals surface area contributed by atoms with Gasteiger partial charge < -0.3 is 15.8 Å². The summed E-state index contributed by atoms with van der Waals surface area (Å²) in [4.78, 5) is 11.9. The van der Waals surface area contributed by atoms with Crippen LogP contribution in [-0.4, -0.2) is 18.1 Å². The molecule has 1 saturated carbocycles. The van der Waals surface area contributed by atoms with Crippen LogP contribution in [0, 0.1) is 5.82 Å². The topological polar surface area (TPSA) is 64.3 Å². The molecule has 104 valence electrons. The van der Waals surface area contributed by atoms with Crippen molar-refractivity contribution >= 4 is 11.6 Å². The number of rotatable bonds is 4. The molecule has 0 bridgehead atoms. The van der Waals surface area contributed by atoms with Crippen LogP contribution in [0.5, 0.6) is 5.75 Å². The minimum Gasteiger partial charge on any atom is -0.476 e. The number of nitrogens with two attached hydrogens (primary N) is 1. The molecule has 0 radical (unpaired) electrons. The van der Waals surface area contributed by atoms with E-state index in [1.807, 2.05) is 0 Å². The van der Waals surface area contributed by atoms with Gasteiger partial charge >= 0.3 is 0 Å². The number of hydrogen-bond donors (Lipinski definition) is 2. The quantitative estimate of drug-likeness (QED) is 0.821. The Morgan fingerprint density at radius 3 is 2.79 bits per heavy atom. The highest BCUT2D eigenvalue weighted by atomic mass is 19.1. The van der Waals surface area contributed by atoms with E-state index < -0.39 is 11.9 Å². The summed E-state index contributed by atoms with van der Waals surface area (Å²) in [5.41, 5.74) is 5.83. The maximum atomic E-state index is 13.5. The number of nitrogens with one attached hydrogen (secondary N) is 1. The predicted molar refractivity (Wildman–Crippen MR) is 71.3 cm³/mol. The van der Waals surface area contributed by atoms with Crippen molar-refractivity contribution in [3.63, 3.8) is 0 Å². The van der Waals surface area contributed by atoms with Crippen LogP contribution in [0.3, 0.4) is 0 Å². The monoisotopic (exact) mass is 266 g/mol. The van der Waals surface area contributed by atoms with E-state index in [2.05, 4.69) is 5.32 Å². The second-order valence-corrected chi connectivity index (χ2v) is 4.91. The number of halogens is 1. The highest BCUT2D eigenvalue weighted by Crippen LogP contribution is 2.26. The normalized spacial score (nSPS) is 17.2. The number of anilines is 1. The van der Waals surface area contributed by atoms with Gasteiger partial charge in [-0.2, -0.15) is 0 Å². The lowest BCUT2D eigenvalue weighted by Crippen LogP contribution is -2.41. The lowest BCUT2D eigenvalue weighted by atomic mass is 10.2. The largest absolute Gasteiger partial charge is 0.476 e. The molecule has 1 aliphatic carbocycles. The molecule has 1 fully saturated rings. The molecule has 19 heavy (non-hydrogen) atoms. The summed E-state index contributed by atoms with van der Waals surface area (Å²) in [6.45, 7) is 1.59. The van der Waals surface area contributed by atoms with Gasteiger partial charge in [0.15, 0.2) is 17.7 Å². The molecule has 4 nitrogen and oxygen atoms in total. The molecule has 3 N–H and O–H groups in total. The zero-order valence-corrected chi connectivity index (χ0v) is 11.0. The molecule has 0 aliphatic heterocycles. The van der Waals surface area contributed by atoms with Crippen molar-refractivity contribution < 1.29 is 13.9 Å². The summed E-state index contributed by atoms with van der Waals surface area (Å²) in [6, 6.07) is 4.52. The van der Waals surface area contributed by atoms with Gasteiger partial charge in [-0.25, -0.2) is 4.39 Å². The number of amides is 1. The van der Waals surface area contributed by atoms with Crippen molar-refractivity contribution in [1.82, 2.24) is 5.32 Å². The lowest BCUT2D eigenvalue weighted by molar-refractivity contribution is -0.128. The number of para-hydroxylation sites is 1. The highest BCUT2D eigenvalue weighted by Gasteiger charge is 2.23. The van der Waals surface area contributed by atoms with Gasteiger partial charge in [-0.15, -0.1) is 0 Å². The number of benzene rings is 1. The fourth-order valence-corrected chi connectivity index (χ4v) is 2.27. The van der Waals surface area contributed by atoms with Gasteiger partial charge in [0.1, 0.15) is 0 Å². The lowest BCUT2D eigenvalue weighted by Gasteiger charge is -2.19. The summed E-state index contributed by atoms with van der Waals surface area (Å²) < 4.78 is 18.9. The second kappa shape index (κ2) is 5.91. The van der Waals surface area contributed by atoms with E-state index in [0.717, 1.165) is 25.7 Å². The van der Waals surface area contributed by atoms with Gasteiger partial charge in [0.2, 0.25) is 0 Å². The SMILES string of the molecule is CC(Oc1c(N)cccc1F)C(=O)NC1CCCC1. The fourth-order valence-electron chi connectivity index (χ4n) is 2.27. The molecule has 2 rings (SSSR count). The van der Waals surface area contributed by atoms with Gasteiger partial charge in [0, 0.05) is 6.04 Å². The van der Waals surface area contributed by atoms with Crippen molar-refractivity contribution in [2.24, 2.45) is 0 Å². The summed E-state index contributed by atoms with van der Waals surface area (Å²) >= 11 is 0.